The summed E-state index contributed by atoms with van der Waals surface area (Å²) in [4.78, 5) is 2.12. The summed E-state index contributed by atoms with van der Waals surface area (Å²) < 4.78 is 0.995. The highest BCUT2D eigenvalue weighted by atomic mass is 79.9. The molecule has 0 aromatic heterocycles. The quantitative estimate of drug-likeness (QED) is 0.855. The second-order valence-corrected chi connectivity index (χ2v) is 5.05. The van der Waals surface area contributed by atoms with Gasteiger partial charge in [-0.15, -0.1) is 0 Å². The molecule has 16 heavy (non-hydrogen) atoms. The molecule has 0 fully saturated rings. The largest absolute Gasteiger partial charge is 0.389 e. The van der Waals surface area contributed by atoms with Crippen molar-refractivity contribution in [1.82, 2.24) is 0 Å². The van der Waals surface area contributed by atoms with E-state index in [2.05, 4.69) is 27.4 Å². The van der Waals surface area contributed by atoms with Crippen molar-refractivity contribution in [2.24, 2.45) is 0 Å². The molecule has 1 aromatic rings. The van der Waals surface area contributed by atoms with Crippen molar-refractivity contribution in [3.05, 3.63) is 40.4 Å². The fourth-order valence-electron chi connectivity index (χ4n) is 1.58. The van der Waals surface area contributed by atoms with E-state index in [0.29, 0.717) is 0 Å². The van der Waals surface area contributed by atoms with Gasteiger partial charge in [0.05, 0.1) is 11.8 Å². The van der Waals surface area contributed by atoms with Gasteiger partial charge >= 0.3 is 0 Å². The van der Waals surface area contributed by atoms with E-state index in [1.165, 1.54) is 0 Å². The molecule has 2 nitrogen and oxygen atoms in total. The summed E-state index contributed by atoms with van der Waals surface area (Å²) in [5, 5.41) is 9.47. The fraction of sp³-hybridized carbons (Fsp3) is 0.385. The third-order valence-electron chi connectivity index (χ3n) is 2.37. The number of rotatable bonds is 4. The van der Waals surface area contributed by atoms with Gasteiger partial charge in [0.15, 0.2) is 0 Å². The monoisotopic (exact) mass is 283 g/mol. The normalized spacial score (nSPS) is 12.3. The number of nitrogens with zero attached hydrogens (tertiary/aromatic N) is 1. The van der Waals surface area contributed by atoms with Gasteiger partial charge in [-0.25, -0.2) is 0 Å². The van der Waals surface area contributed by atoms with Gasteiger partial charge in [-0.3, -0.25) is 0 Å². The van der Waals surface area contributed by atoms with Gasteiger partial charge in [0, 0.05) is 18.1 Å². The Kier molecular flexibility index (Phi) is 4.56. The number of benzene rings is 1. The van der Waals surface area contributed by atoms with Gasteiger partial charge in [-0.1, -0.05) is 18.2 Å². The molecular weight excluding hydrogens is 266 g/mol. The maximum absolute atomic E-state index is 9.47. The lowest BCUT2D eigenvalue weighted by Gasteiger charge is -2.21. The lowest BCUT2D eigenvalue weighted by atomic mass is 10.1. The summed E-state index contributed by atoms with van der Waals surface area (Å²) in [6.45, 7) is 8.50. The second kappa shape index (κ2) is 5.51. The summed E-state index contributed by atoms with van der Waals surface area (Å²) in [5.41, 5.74) is 3.14. The van der Waals surface area contributed by atoms with Crippen LogP contribution in [0.25, 0.3) is 0 Å². The number of aliphatic hydroxyl groups excluding tert-OH is 1. The average Bonchev–Trinajstić information content (AvgIpc) is 2.15. The van der Waals surface area contributed by atoms with E-state index in [0.717, 1.165) is 27.8 Å². The van der Waals surface area contributed by atoms with Crippen LogP contribution >= 0.6 is 15.9 Å². The van der Waals surface area contributed by atoms with E-state index >= 15 is 0 Å². The summed E-state index contributed by atoms with van der Waals surface area (Å²) in [7, 11) is 2.02. The highest BCUT2D eigenvalue weighted by Crippen LogP contribution is 2.28. The number of hydrogen-bond donors (Lipinski definition) is 1. The fourth-order valence-corrected chi connectivity index (χ4v) is 2.28. The molecule has 0 aliphatic carbocycles. The van der Waals surface area contributed by atoms with Gasteiger partial charge in [-0.05, 0) is 47.5 Å². The Morgan fingerprint density at radius 3 is 2.62 bits per heavy atom. The van der Waals surface area contributed by atoms with Crippen molar-refractivity contribution in [1.29, 1.82) is 0 Å². The van der Waals surface area contributed by atoms with Crippen LogP contribution in [-0.4, -0.2) is 18.7 Å². The molecule has 0 heterocycles. The standard InChI is InChI=1S/C13H18BrNO/c1-9(2)8-15(4)13-6-5-11(10(3)16)7-12(13)14/h5-7,10,16H,1,8H2,2-4H3/t10-/m1/s1. The lowest BCUT2D eigenvalue weighted by molar-refractivity contribution is 0.199. The van der Waals surface area contributed by atoms with Gasteiger partial charge in [0.2, 0.25) is 0 Å². The Bertz CT molecular complexity index is 388. The molecule has 0 aliphatic heterocycles. The first-order valence-corrected chi connectivity index (χ1v) is 6.04. The van der Waals surface area contributed by atoms with Crippen LogP contribution in [0.3, 0.4) is 0 Å². The number of hydrogen-bond acceptors (Lipinski definition) is 2. The maximum Gasteiger partial charge on any atom is 0.0762 e. The van der Waals surface area contributed by atoms with Crippen molar-refractivity contribution in [3.63, 3.8) is 0 Å². The van der Waals surface area contributed by atoms with Crippen molar-refractivity contribution in [3.8, 4) is 0 Å². The van der Waals surface area contributed by atoms with Crippen LogP contribution in [0.2, 0.25) is 0 Å². The molecule has 0 bridgehead atoms. The first-order valence-electron chi connectivity index (χ1n) is 5.25. The number of aliphatic hydroxyl groups is 1. The van der Waals surface area contributed by atoms with Crippen LogP contribution in [0.1, 0.15) is 25.5 Å². The predicted octanol–water partition coefficient (Wildman–Crippen LogP) is 3.51. The number of likely N-dealkylation sites (N-methyl/N-ethyl adjacent to an activating group) is 1. The van der Waals surface area contributed by atoms with E-state index in [-0.39, 0.29) is 0 Å². The summed E-state index contributed by atoms with van der Waals surface area (Å²) in [6, 6.07) is 5.91. The Hall–Kier alpha value is -0.800. The molecule has 0 aliphatic rings. The molecule has 0 saturated carbocycles. The number of anilines is 1. The summed E-state index contributed by atoms with van der Waals surface area (Å²) in [5.74, 6) is 0. The molecule has 0 spiro atoms. The zero-order chi connectivity index (χ0) is 12.3. The number of halogens is 1. The van der Waals surface area contributed by atoms with Gasteiger partial charge in [0.25, 0.3) is 0 Å². The van der Waals surface area contributed by atoms with Gasteiger partial charge in [0.1, 0.15) is 0 Å². The van der Waals surface area contributed by atoms with Crippen molar-refractivity contribution < 1.29 is 5.11 Å². The van der Waals surface area contributed by atoms with E-state index in [1.54, 1.807) is 6.92 Å². The average molecular weight is 284 g/mol. The Labute approximate surface area is 106 Å². The Morgan fingerprint density at radius 1 is 1.56 bits per heavy atom. The van der Waals surface area contributed by atoms with Crippen LogP contribution in [0.4, 0.5) is 5.69 Å². The Morgan fingerprint density at radius 2 is 2.19 bits per heavy atom. The van der Waals surface area contributed by atoms with Crippen molar-refractivity contribution in [2.75, 3.05) is 18.5 Å². The minimum absolute atomic E-state index is 0.434. The minimum Gasteiger partial charge on any atom is -0.389 e. The van der Waals surface area contributed by atoms with Crippen LogP contribution in [0, 0.1) is 0 Å². The molecule has 1 atom stereocenters. The lowest BCUT2D eigenvalue weighted by Crippen LogP contribution is -2.19. The zero-order valence-corrected chi connectivity index (χ0v) is 11.6. The highest BCUT2D eigenvalue weighted by Gasteiger charge is 2.08. The van der Waals surface area contributed by atoms with Crippen LogP contribution in [-0.2, 0) is 0 Å². The molecule has 0 saturated heterocycles. The van der Waals surface area contributed by atoms with E-state index < -0.39 is 6.10 Å². The summed E-state index contributed by atoms with van der Waals surface area (Å²) >= 11 is 3.52. The third-order valence-corrected chi connectivity index (χ3v) is 3.01. The first-order chi connectivity index (χ1) is 7.41. The SMILES string of the molecule is C=C(C)CN(C)c1ccc([C@@H](C)O)cc1Br. The van der Waals surface area contributed by atoms with Crippen LogP contribution in [0.5, 0.6) is 0 Å². The van der Waals surface area contributed by atoms with Crippen molar-refractivity contribution >= 4 is 21.6 Å². The molecule has 1 aromatic carbocycles. The second-order valence-electron chi connectivity index (χ2n) is 4.20. The van der Waals surface area contributed by atoms with E-state index in [1.807, 2.05) is 32.2 Å². The van der Waals surface area contributed by atoms with Gasteiger partial charge in [-0.2, -0.15) is 0 Å². The molecular formula is C13H18BrNO. The Balaban J connectivity index is 2.94. The molecule has 0 radical (unpaired) electrons. The van der Waals surface area contributed by atoms with E-state index in [4.69, 9.17) is 0 Å². The predicted molar refractivity (Wildman–Crippen MR) is 72.9 cm³/mol. The van der Waals surface area contributed by atoms with E-state index in [9.17, 15) is 5.11 Å². The first kappa shape index (κ1) is 13.3. The topological polar surface area (TPSA) is 23.5 Å². The molecule has 1 rings (SSSR count). The molecule has 0 amide bonds. The highest BCUT2D eigenvalue weighted by molar-refractivity contribution is 9.10. The van der Waals surface area contributed by atoms with Crippen molar-refractivity contribution in [2.45, 2.75) is 20.0 Å². The van der Waals surface area contributed by atoms with Crippen LogP contribution in [0.15, 0.2) is 34.8 Å². The molecule has 3 heteroatoms. The van der Waals surface area contributed by atoms with Gasteiger partial charge < -0.3 is 10.0 Å². The third kappa shape index (κ3) is 3.35. The molecule has 0 unspecified atom stereocenters. The minimum atomic E-state index is -0.434. The molecule has 1 N–H and O–H groups in total. The molecule has 88 valence electrons. The van der Waals surface area contributed by atoms with Crippen LogP contribution < -0.4 is 4.90 Å². The summed E-state index contributed by atoms with van der Waals surface area (Å²) in [6.07, 6.45) is -0.434. The zero-order valence-electron chi connectivity index (χ0n) is 10.00. The smallest absolute Gasteiger partial charge is 0.0762 e. The maximum atomic E-state index is 9.47.